The Morgan fingerprint density at radius 3 is 2.74 bits per heavy atom. The average molecular weight is 264 g/mol. The molecule has 1 unspecified atom stereocenters. The van der Waals surface area contributed by atoms with Gasteiger partial charge >= 0.3 is 0 Å². The summed E-state index contributed by atoms with van der Waals surface area (Å²) in [6.07, 6.45) is 2.16. The van der Waals surface area contributed by atoms with Gasteiger partial charge in [-0.3, -0.25) is 0 Å². The van der Waals surface area contributed by atoms with Gasteiger partial charge in [0.25, 0.3) is 0 Å². The lowest BCUT2D eigenvalue weighted by Crippen LogP contribution is -2.18. The third-order valence-corrected chi connectivity index (χ3v) is 2.50. The number of aromatic nitrogens is 1. The van der Waals surface area contributed by atoms with Gasteiger partial charge in [-0.2, -0.15) is 0 Å². The van der Waals surface area contributed by atoms with Crippen molar-refractivity contribution in [2.24, 2.45) is 5.73 Å². The maximum Gasteiger partial charge on any atom is 0.222 e. The Morgan fingerprint density at radius 2 is 2.05 bits per heavy atom. The lowest BCUT2D eigenvalue weighted by Gasteiger charge is -2.11. The third kappa shape index (κ3) is 3.48. The minimum atomic E-state index is -0.956. The van der Waals surface area contributed by atoms with Gasteiger partial charge in [0.1, 0.15) is 5.75 Å². The highest BCUT2D eigenvalue weighted by Crippen LogP contribution is 2.25. The van der Waals surface area contributed by atoms with E-state index >= 15 is 0 Å². The monoisotopic (exact) mass is 264 g/mol. The topological polar surface area (TPSA) is 48.1 Å². The van der Waals surface area contributed by atoms with Crippen molar-refractivity contribution < 1.29 is 13.5 Å². The van der Waals surface area contributed by atoms with E-state index in [1.165, 1.54) is 6.07 Å². The minimum Gasteiger partial charge on any atom is -0.439 e. The van der Waals surface area contributed by atoms with Gasteiger partial charge in [-0.15, -0.1) is 0 Å². The molecule has 3 nitrogen and oxygen atoms in total. The Kier molecular flexibility index (Phi) is 4.06. The van der Waals surface area contributed by atoms with Crippen LogP contribution in [0.4, 0.5) is 8.78 Å². The molecule has 0 radical (unpaired) electrons. The van der Waals surface area contributed by atoms with Crippen LogP contribution < -0.4 is 10.5 Å². The van der Waals surface area contributed by atoms with Crippen molar-refractivity contribution >= 4 is 0 Å². The fourth-order valence-corrected chi connectivity index (χ4v) is 1.67. The number of nitrogens with two attached hydrogens (primary N) is 1. The minimum absolute atomic E-state index is 0.0449. The van der Waals surface area contributed by atoms with Gasteiger partial charge in [0, 0.05) is 23.9 Å². The molecule has 1 aromatic carbocycles. The quantitative estimate of drug-likeness (QED) is 0.923. The summed E-state index contributed by atoms with van der Waals surface area (Å²) >= 11 is 0. The van der Waals surface area contributed by atoms with E-state index in [2.05, 4.69) is 4.98 Å². The number of nitrogens with zero attached hydrogens (tertiary/aromatic N) is 1. The first-order valence-electron chi connectivity index (χ1n) is 5.88. The molecule has 0 spiro atoms. The molecule has 2 rings (SSSR count). The lowest BCUT2D eigenvalue weighted by atomic mass is 10.1. The highest BCUT2D eigenvalue weighted by Gasteiger charge is 2.10. The number of hydrogen-bond acceptors (Lipinski definition) is 3. The zero-order chi connectivity index (χ0) is 13.8. The van der Waals surface area contributed by atoms with Crippen LogP contribution >= 0.6 is 0 Å². The Balaban J connectivity index is 2.25. The van der Waals surface area contributed by atoms with Crippen molar-refractivity contribution in [3.63, 3.8) is 0 Å². The van der Waals surface area contributed by atoms with Crippen LogP contribution in [0.3, 0.4) is 0 Å². The first-order valence-corrected chi connectivity index (χ1v) is 5.88. The smallest absolute Gasteiger partial charge is 0.222 e. The predicted octanol–water partition coefficient (Wildman–Crippen LogP) is 3.04. The van der Waals surface area contributed by atoms with Crippen molar-refractivity contribution in [1.29, 1.82) is 0 Å². The Hall–Kier alpha value is -2.01. The van der Waals surface area contributed by atoms with E-state index in [1.54, 1.807) is 12.3 Å². The summed E-state index contributed by atoms with van der Waals surface area (Å²) in [6, 6.07) is 6.92. The summed E-state index contributed by atoms with van der Waals surface area (Å²) in [7, 11) is 0. The molecule has 1 heterocycles. The van der Waals surface area contributed by atoms with Gasteiger partial charge in [-0.05, 0) is 31.5 Å². The maximum absolute atomic E-state index is 13.1. The Labute approximate surface area is 110 Å². The largest absolute Gasteiger partial charge is 0.439 e. The summed E-state index contributed by atoms with van der Waals surface area (Å²) in [5.74, 6) is -1.32. The molecular formula is C14H14F2N2O. The number of rotatable bonds is 4. The number of hydrogen-bond donors (Lipinski definition) is 1. The van der Waals surface area contributed by atoms with Crippen molar-refractivity contribution in [2.75, 3.05) is 0 Å². The lowest BCUT2D eigenvalue weighted by molar-refractivity contribution is 0.441. The van der Waals surface area contributed by atoms with Gasteiger partial charge in [-0.25, -0.2) is 13.8 Å². The SMILES string of the molecule is CC(N)Cc1cccnc1Oc1ccc(F)c(F)c1. The second kappa shape index (κ2) is 5.75. The van der Waals surface area contributed by atoms with E-state index in [1.807, 2.05) is 13.0 Å². The predicted molar refractivity (Wildman–Crippen MR) is 68.0 cm³/mol. The molecule has 0 aliphatic heterocycles. The summed E-state index contributed by atoms with van der Waals surface area (Å²) in [5, 5.41) is 0. The number of pyridine rings is 1. The highest BCUT2D eigenvalue weighted by atomic mass is 19.2. The van der Waals surface area contributed by atoms with Crippen molar-refractivity contribution in [3.05, 3.63) is 53.7 Å². The normalized spacial score (nSPS) is 12.2. The van der Waals surface area contributed by atoms with Crippen LogP contribution in [0.1, 0.15) is 12.5 Å². The summed E-state index contributed by atoms with van der Waals surface area (Å²) in [5.41, 5.74) is 6.56. The molecule has 0 aliphatic carbocycles. The Bertz CT molecular complexity index is 573. The van der Waals surface area contributed by atoms with Crippen molar-refractivity contribution in [1.82, 2.24) is 4.98 Å². The van der Waals surface area contributed by atoms with Gasteiger partial charge < -0.3 is 10.5 Å². The molecular weight excluding hydrogens is 250 g/mol. The van der Waals surface area contributed by atoms with Gasteiger partial charge in [0.2, 0.25) is 5.88 Å². The molecule has 0 fully saturated rings. The van der Waals surface area contributed by atoms with E-state index in [-0.39, 0.29) is 11.8 Å². The van der Waals surface area contributed by atoms with Gasteiger partial charge in [-0.1, -0.05) is 6.07 Å². The van der Waals surface area contributed by atoms with Crippen LogP contribution in [0.15, 0.2) is 36.5 Å². The van der Waals surface area contributed by atoms with Crippen LogP contribution in [-0.2, 0) is 6.42 Å². The standard InChI is InChI=1S/C14H14F2N2O/c1-9(17)7-10-3-2-6-18-14(10)19-11-4-5-12(15)13(16)8-11/h2-6,8-9H,7,17H2,1H3. The maximum atomic E-state index is 13.1. The van der Waals surface area contributed by atoms with Crippen LogP contribution in [0.25, 0.3) is 0 Å². The molecule has 0 aliphatic rings. The molecule has 5 heteroatoms. The summed E-state index contributed by atoms with van der Waals surface area (Å²) in [4.78, 5) is 4.09. The molecule has 0 amide bonds. The van der Waals surface area contributed by atoms with Crippen LogP contribution in [-0.4, -0.2) is 11.0 Å². The fourth-order valence-electron chi connectivity index (χ4n) is 1.67. The Morgan fingerprint density at radius 1 is 1.26 bits per heavy atom. The summed E-state index contributed by atoms with van der Waals surface area (Å²) < 4.78 is 31.4. The van der Waals surface area contributed by atoms with Crippen molar-refractivity contribution in [3.8, 4) is 11.6 Å². The van der Waals surface area contributed by atoms with Gasteiger partial charge in [0.05, 0.1) is 0 Å². The number of ether oxygens (including phenoxy) is 1. The van der Waals surface area contributed by atoms with E-state index in [4.69, 9.17) is 10.5 Å². The molecule has 1 atom stereocenters. The van der Waals surface area contributed by atoms with Crippen LogP contribution in [0, 0.1) is 11.6 Å². The number of benzene rings is 1. The van der Waals surface area contributed by atoms with E-state index in [9.17, 15) is 8.78 Å². The molecule has 0 bridgehead atoms. The molecule has 2 N–H and O–H groups in total. The summed E-state index contributed by atoms with van der Waals surface area (Å²) in [6.45, 7) is 1.87. The van der Waals surface area contributed by atoms with Crippen LogP contribution in [0.2, 0.25) is 0 Å². The van der Waals surface area contributed by atoms with Crippen LogP contribution in [0.5, 0.6) is 11.6 Å². The molecule has 0 saturated carbocycles. The molecule has 2 aromatic rings. The zero-order valence-electron chi connectivity index (χ0n) is 10.4. The van der Waals surface area contributed by atoms with E-state index < -0.39 is 11.6 Å². The van der Waals surface area contributed by atoms with E-state index in [0.29, 0.717) is 12.3 Å². The first kappa shape index (κ1) is 13.4. The van der Waals surface area contributed by atoms with E-state index in [0.717, 1.165) is 17.7 Å². The fraction of sp³-hybridized carbons (Fsp3) is 0.214. The number of halogens is 2. The zero-order valence-corrected chi connectivity index (χ0v) is 10.4. The second-order valence-electron chi connectivity index (χ2n) is 4.33. The average Bonchev–Trinajstić information content (AvgIpc) is 2.36. The third-order valence-electron chi connectivity index (χ3n) is 2.50. The highest BCUT2D eigenvalue weighted by molar-refractivity contribution is 5.33. The molecule has 19 heavy (non-hydrogen) atoms. The second-order valence-corrected chi connectivity index (χ2v) is 4.33. The molecule has 1 aromatic heterocycles. The first-order chi connectivity index (χ1) is 9.06. The molecule has 100 valence electrons. The molecule has 0 saturated heterocycles. The van der Waals surface area contributed by atoms with Gasteiger partial charge in [0.15, 0.2) is 11.6 Å². The van der Waals surface area contributed by atoms with Crippen molar-refractivity contribution in [2.45, 2.75) is 19.4 Å².